The maximum atomic E-state index is 12.2. The molecule has 3 aromatic rings. The maximum Gasteiger partial charge on any atom is 0.230 e. The van der Waals surface area contributed by atoms with Gasteiger partial charge in [-0.1, -0.05) is 18.2 Å². The van der Waals surface area contributed by atoms with Crippen molar-refractivity contribution >= 4 is 22.6 Å². The highest BCUT2D eigenvalue weighted by atomic mass is 16.1. The van der Waals surface area contributed by atoms with E-state index >= 15 is 0 Å². The van der Waals surface area contributed by atoms with E-state index in [4.69, 9.17) is 0 Å². The second kappa shape index (κ2) is 5.09. The van der Waals surface area contributed by atoms with E-state index in [1.165, 1.54) is 0 Å². The van der Waals surface area contributed by atoms with E-state index in [1.807, 2.05) is 56.0 Å². The molecule has 0 fully saturated rings. The Morgan fingerprint density at radius 1 is 1.29 bits per heavy atom. The summed E-state index contributed by atoms with van der Waals surface area (Å²) in [6.45, 7) is 1.95. The van der Waals surface area contributed by atoms with Crippen LogP contribution in [0.5, 0.6) is 0 Å². The van der Waals surface area contributed by atoms with Crippen molar-refractivity contribution in [3.8, 4) is 0 Å². The molecule has 2 aromatic heterocycles. The third-order valence-electron chi connectivity index (χ3n) is 3.71. The molecule has 0 saturated heterocycles. The molecular weight excluding hydrogens is 264 g/mol. The van der Waals surface area contributed by atoms with Crippen molar-refractivity contribution in [2.24, 2.45) is 14.1 Å². The van der Waals surface area contributed by atoms with Crippen LogP contribution >= 0.6 is 0 Å². The summed E-state index contributed by atoms with van der Waals surface area (Å²) < 4.78 is 3.79. The Kier molecular flexibility index (Phi) is 3.25. The number of anilines is 1. The van der Waals surface area contributed by atoms with Crippen LogP contribution in [0.15, 0.2) is 36.5 Å². The lowest BCUT2D eigenvalue weighted by Gasteiger charge is -2.01. The summed E-state index contributed by atoms with van der Waals surface area (Å²) in [5, 5.41) is 8.20. The van der Waals surface area contributed by atoms with Crippen molar-refractivity contribution in [1.82, 2.24) is 14.3 Å². The summed E-state index contributed by atoms with van der Waals surface area (Å²) >= 11 is 0. The van der Waals surface area contributed by atoms with Gasteiger partial charge in [-0.25, -0.2) is 0 Å². The van der Waals surface area contributed by atoms with Crippen LogP contribution in [0.2, 0.25) is 0 Å². The molecule has 0 unspecified atom stereocenters. The number of para-hydroxylation sites is 1. The van der Waals surface area contributed by atoms with E-state index in [1.54, 1.807) is 4.68 Å². The fourth-order valence-electron chi connectivity index (χ4n) is 2.55. The van der Waals surface area contributed by atoms with Crippen molar-refractivity contribution in [2.75, 3.05) is 5.32 Å². The Labute approximate surface area is 123 Å². The number of carbonyl (C=O) groups is 1. The molecule has 0 aliphatic carbocycles. The molecule has 0 radical (unpaired) electrons. The normalized spacial score (nSPS) is 11.0. The number of aryl methyl sites for hydroxylation is 3. The zero-order valence-electron chi connectivity index (χ0n) is 12.4. The lowest BCUT2D eigenvalue weighted by molar-refractivity contribution is -0.115. The Balaban J connectivity index is 1.80. The molecule has 21 heavy (non-hydrogen) atoms. The number of fused-ring (bicyclic) bond motifs is 1. The monoisotopic (exact) mass is 282 g/mol. The second-order valence-corrected chi connectivity index (χ2v) is 5.30. The largest absolute Gasteiger partial charge is 0.350 e. The van der Waals surface area contributed by atoms with E-state index < -0.39 is 0 Å². The number of nitrogens with one attached hydrogen (secondary N) is 1. The minimum atomic E-state index is -0.0514. The van der Waals surface area contributed by atoms with Crippen LogP contribution < -0.4 is 5.32 Å². The third-order valence-corrected chi connectivity index (χ3v) is 3.71. The summed E-state index contributed by atoms with van der Waals surface area (Å²) in [5.74, 6) is 0.546. The zero-order valence-corrected chi connectivity index (χ0v) is 12.4. The minimum Gasteiger partial charge on any atom is -0.350 e. The molecule has 0 saturated carbocycles. The van der Waals surface area contributed by atoms with Crippen LogP contribution in [0, 0.1) is 6.92 Å². The Morgan fingerprint density at radius 2 is 2.05 bits per heavy atom. The average Bonchev–Trinajstić information content (AvgIpc) is 2.91. The van der Waals surface area contributed by atoms with Crippen LogP contribution in [-0.4, -0.2) is 20.3 Å². The number of carbonyl (C=O) groups excluding carboxylic acids is 1. The summed E-state index contributed by atoms with van der Waals surface area (Å²) in [5.41, 5.74) is 3.17. The Bertz CT molecular complexity index is 793. The fraction of sp³-hybridized carbons (Fsp3) is 0.250. The number of nitrogens with zero attached hydrogens (tertiary/aromatic N) is 3. The number of amides is 1. The summed E-state index contributed by atoms with van der Waals surface area (Å²) in [6.07, 6.45) is 2.35. The van der Waals surface area contributed by atoms with E-state index in [0.717, 1.165) is 22.2 Å². The molecule has 5 nitrogen and oxygen atoms in total. The van der Waals surface area contributed by atoms with Gasteiger partial charge >= 0.3 is 0 Å². The first kappa shape index (κ1) is 13.4. The van der Waals surface area contributed by atoms with Gasteiger partial charge in [0.1, 0.15) is 0 Å². The predicted octanol–water partition coefficient (Wildman–Crippen LogP) is 2.40. The lowest BCUT2D eigenvalue weighted by atomic mass is 10.1. The van der Waals surface area contributed by atoms with Gasteiger partial charge in [-0.05, 0) is 18.6 Å². The van der Waals surface area contributed by atoms with Crippen LogP contribution in [0.25, 0.3) is 10.9 Å². The molecule has 1 N–H and O–H groups in total. The molecule has 0 aliphatic rings. The number of rotatable bonds is 3. The van der Waals surface area contributed by atoms with Crippen molar-refractivity contribution < 1.29 is 4.79 Å². The number of hydrogen-bond acceptors (Lipinski definition) is 2. The highest BCUT2D eigenvalue weighted by Crippen LogP contribution is 2.21. The van der Waals surface area contributed by atoms with Gasteiger partial charge in [0.15, 0.2) is 5.82 Å². The van der Waals surface area contributed by atoms with Crippen molar-refractivity contribution in [3.05, 3.63) is 47.8 Å². The first-order valence-corrected chi connectivity index (χ1v) is 6.88. The summed E-state index contributed by atoms with van der Waals surface area (Å²) in [7, 11) is 3.85. The Hall–Kier alpha value is -2.56. The second-order valence-electron chi connectivity index (χ2n) is 5.30. The van der Waals surface area contributed by atoms with Gasteiger partial charge in [-0.15, -0.1) is 0 Å². The third kappa shape index (κ3) is 2.54. The number of benzene rings is 1. The van der Waals surface area contributed by atoms with Crippen LogP contribution in [0.3, 0.4) is 0 Å². The van der Waals surface area contributed by atoms with Gasteiger partial charge in [0, 0.05) is 43.0 Å². The van der Waals surface area contributed by atoms with Gasteiger partial charge in [-0.3, -0.25) is 9.48 Å². The van der Waals surface area contributed by atoms with Gasteiger partial charge in [0.05, 0.1) is 6.42 Å². The predicted molar refractivity (Wildman–Crippen MR) is 83.2 cm³/mol. The molecule has 0 spiro atoms. The van der Waals surface area contributed by atoms with Gasteiger partial charge in [-0.2, -0.15) is 5.10 Å². The number of hydrogen-bond donors (Lipinski definition) is 1. The molecule has 0 aliphatic heterocycles. The van der Waals surface area contributed by atoms with E-state index in [-0.39, 0.29) is 5.91 Å². The molecule has 108 valence electrons. The van der Waals surface area contributed by atoms with Crippen molar-refractivity contribution in [1.29, 1.82) is 0 Å². The van der Waals surface area contributed by atoms with Gasteiger partial charge in [0.25, 0.3) is 0 Å². The smallest absolute Gasteiger partial charge is 0.230 e. The van der Waals surface area contributed by atoms with Crippen LogP contribution in [0.4, 0.5) is 5.82 Å². The van der Waals surface area contributed by atoms with E-state index in [0.29, 0.717) is 12.2 Å². The maximum absolute atomic E-state index is 12.2. The lowest BCUT2D eigenvalue weighted by Crippen LogP contribution is -2.14. The first-order valence-electron chi connectivity index (χ1n) is 6.88. The van der Waals surface area contributed by atoms with E-state index in [2.05, 4.69) is 16.5 Å². The quantitative estimate of drug-likeness (QED) is 0.802. The highest BCUT2D eigenvalue weighted by molar-refractivity contribution is 5.95. The summed E-state index contributed by atoms with van der Waals surface area (Å²) in [4.78, 5) is 12.2. The zero-order chi connectivity index (χ0) is 15.0. The molecule has 0 bridgehead atoms. The fourth-order valence-corrected chi connectivity index (χ4v) is 2.55. The Morgan fingerprint density at radius 3 is 2.76 bits per heavy atom. The van der Waals surface area contributed by atoms with Gasteiger partial charge < -0.3 is 9.88 Å². The van der Waals surface area contributed by atoms with Crippen LogP contribution in [0.1, 0.15) is 11.3 Å². The topological polar surface area (TPSA) is 51.9 Å². The number of aromatic nitrogens is 3. The average molecular weight is 282 g/mol. The molecule has 1 aromatic carbocycles. The first-order chi connectivity index (χ1) is 10.0. The molecule has 2 heterocycles. The standard InChI is InChI=1S/C16H18N4O/c1-11-8-15(18-20(11)3)17-16(21)9-12-10-19(2)14-7-5-4-6-13(12)14/h4-8,10H,9H2,1-3H3,(H,17,18,21). The van der Waals surface area contributed by atoms with Crippen molar-refractivity contribution in [3.63, 3.8) is 0 Å². The van der Waals surface area contributed by atoms with Gasteiger partial charge in [0.2, 0.25) is 5.91 Å². The molecular formula is C16H18N4O. The molecule has 5 heteroatoms. The SMILES string of the molecule is Cc1cc(NC(=O)Cc2cn(C)c3ccccc23)nn1C. The van der Waals surface area contributed by atoms with E-state index in [9.17, 15) is 4.79 Å². The van der Waals surface area contributed by atoms with Crippen molar-refractivity contribution in [2.45, 2.75) is 13.3 Å². The minimum absolute atomic E-state index is 0.0514. The molecule has 0 atom stereocenters. The molecule has 3 rings (SSSR count). The van der Waals surface area contributed by atoms with Crippen LogP contribution in [-0.2, 0) is 25.3 Å². The summed E-state index contributed by atoms with van der Waals surface area (Å²) in [6, 6.07) is 9.96. The highest BCUT2D eigenvalue weighted by Gasteiger charge is 2.11. The molecule has 1 amide bonds.